The molecule has 5 nitrogen and oxygen atoms in total. The van der Waals surface area contributed by atoms with Crippen molar-refractivity contribution in [2.45, 2.75) is 5.41 Å². The molecule has 1 aliphatic heterocycles. The highest BCUT2D eigenvalue weighted by molar-refractivity contribution is 7.26. The molecule has 0 N–H and O–H groups in total. The third-order valence-electron chi connectivity index (χ3n) is 11.2. The van der Waals surface area contributed by atoms with Gasteiger partial charge in [-0.05, 0) is 65.2 Å². The van der Waals surface area contributed by atoms with Crippen LogP contribution in [0.25, 0.3) is 42.6 Å². The maximum Gasteiger partial charge on any atom is 0.147 e. The van der Waals surface area contributed by atoms with E-state index in [1.165, 1.54) is 37.7 Å². The minimum absolute atomic E-state index is 0.680. The summed E-state index contributed by atoms with van der Waals surface area (Å²) < 4.78 is 11.6. The number of thiophene rings is 1. The standard InChI is InChI=1S/C50H34N4OS/c1-53-41-27-12-10-25-39(41)52-49(53)33-17-16-22-36(31-33)55-43-32-42-47(46-37-23-8-13-28-44(37)56-48(43)46)50(34-18-4-2-5-19-34,35-20-6-3-7-21-35)38-24-9-11-26-40(38)54(42)45-29-14-15-30-51-45/h2-32H,1H3. The number of pyridine rings is 1. The molecule has 0 atom stereocenters. The highest BCUT2D eigenvalue weighted by Gasteiger charge is 2.48. The molecule has 3 aromatic heterocycles. The summed E-state index contributed by atoms with van der Waals surface area (Å²) in [5.41, 5.74) is 9.24. The number of aryl methyl sites for hydroxylation is 1. The lowest BCUT2D eigenvalue weighted by atomic mass is 9.61. The topological polar surface area (TPSA) is 43.2 Å². The number of anilines is 3. The molecule has 0 aliphatic carbocycles. The quantitative estimate of drug-likeness (QED) is 0.170. The Kier molecular flexibility index (Phi) is 7.41. The van der Waals surface area contributed by atoms with Crippen molar-refractivity contribution >= 4 is 59.7 Å². The van der Waals surface area contributed by atoms with Crippen LogP contribution in [0.4, 0.5) is 17.2 Å². The van der Waals surface area contributed by atoms with Gasteiger partial charge in [-0.3, -0.25) is 4.90 Å². The van der Waals surface area contributed by atoms with Crippen molar-refractivity contribution in [3.63, 3.8) is 0 Å². The van der Waals surface area contributed by atoms with E-state index in [0.29, 0.717) is 0 Å². The van der Waals surface area contributed by atoms with Crippen molar-refractivity contribution in [2.24, 2.45) is 7.05 Å². The zero-order valence-electron chi connectivity index (χ0n) is 30.5. The Bertz CT molecular complexity index is 3040. The number of benzene rings is 7. The van der Waals surface area contributed by atoms with Gasteiger partial charge in [0.25, 0.3) is 0 Å². The van der Waals surface area contributed by atoms with E-state index in [9.17, 15) is 0 Å². The summed E-state index contributed by atoms with van der Waals surface area (Å²) in [6, 6.07) is 64.4. The fourth-order valence-corrected chi connectivity index (χ4v) is 10.0. The van der Waals surface area contributed by atoms with E-state index in [-0.39, 0.29) is 0 Å². The number of hydrogen-bond donors (Lipinski definition) is 0. The summed E-state index contributed by atoms with van der Waals surface area (Å²) in [5, 5.41) is 2.37. The Hall–Kier alpha value is -7.02. The van der Waals surface area contributed by atoms with Gasteiger partial charge in [0, 0.05) is 45.9 Å². The second kappa shape index (κ2) is 12.8. The molecule has 7 aromatic carbocycles. The summed E-state index contributed by atoms with van der Waals surface area (Å²) in [6.07, 6.45) is 1.87. The van der Waals surface area contributed by atoms with Crippen LogP contribution in [0.5, 0.6) is 11.5 Å². The van der Waals surface area contributed by atoms with Gasteiger partial charge in [-0.25, -0.2) is 9.97 Å². The van der Waals surface area contributed by atoms with Gasteiger partial charge in [0.2, 0.25) is 0 Å². The van der Waals surface area contributed by atoms with E-state index in [4.69, 9.17) is 14.7 Å². The Morgan fingerprint density at radius 1 is 0.625 bits per heavy atom. The minimum atomic E-state index is -0.680. The first-order valence-electron chi connectivity index (χ1n) is 18.8. The lowest BCUT2D eigenvalue weighted by Gasteiger charge is -2.46. The summed E-state index contributed by atoms with van der Waals surface area (Å²) in [7, 11) is 2.07. The van der Waals surface area contributed by atoms with Crippen molar-refractivity contribution in [3.05, 3.63) is 210 Å². The van der Waals surface area contributed by atoms with Gasteiger partial charge in [-0.2, -0.15) is 0 Å². The molecule has 4 heterocycles. The SMILES string of the molecule is Cn1c(-c2cccc(Oc3cc4c(c5c3sc3ccccc35)C(c3ccccc3)(c3ccccc3)c3ccccc3N4c3ccccn3)c2)nc2ccccc21. The first kappa shape index (κ1) is 32.4. The second-order valence-electron chi connectivity index (χ2n) is 14.2. The van der Waals surface area contributed by atoms with E-state index in [2.05, 4.69) is 180 Å². The molecule has 10 aromatic rings. The fraction of sp³-hybridized carbons (Fsp3) is 0.0400. The zero-order valence-corrected chi connectivity index (χ0v) is 31.3. The van der Waals surface area contributed by atoms with Gasteiger partial charge in [0.15, 0.2) is 0 Å². The van der Waals surface area contributed by atoms with Crippen LogP contribution >= 0.6 is 11.3 Å². The molecular formula is C50H34N4OS. The number of nitrogens with zero attached hydrogens (tertiary/aromatic N) is 4. The predicted molar refractivity (Wildman–Crippen MR) is 230 cm³/mol. The van der Waals surface area contributed by atoms with Gasteiger partial charge < -0.3 is 9.30 Å². The molecular weight excluding hydrogens is 705 g/mol. The number of rotatable bonds is 6. The van der Waals surface area contributed by atoms with Crippen LogP contribution in [-0.2, 0) is 12.5 Å². The van der Waals surface area contributed by atoms with Crippen molar-refractivity contribution < 1.29 is 4.74 Å². The van der Waals surface area contributed by atoms with E-state index in [0.717, 1.165) is 55.8 Å². The van der Waals surface area contributed by atoms with Crippen LogP contribution in [0.2, 0.25) is 0 Å². The average molecular weight is 739 g/mol. The highest BCUT2D eigenvalue weighted by atomic mass is 32.1. The van der Waals surface area contributed by atoms with Crippen LogP contribution in [0.3, 0.4) is 0 Å². The van der Waals surface area contributed by atoms with E-state index in [1.807, 2.05) is 24.4 Å². The Morgan fingerprint density at radius 3 is 2.12 bits per heavy atom. The van der Waals surface area contributed by atoms with Crippen LogP contribution in [0.1, 0.15) is 22.3 Å². The van der Waals surface area contributed by atoms with Crippen molar-refractivity contribution in [1.29, 1.82) is 0 Å². The number of hydrogen-bond acceptors (Lipinski definition) is 5. The molecule has 1 aliphatic rings. The monoisotopic (exact) mass is 738 g/mol. The third kappa shape index (κ3) is 4.79. The molecule has 0 bridgehead atoms. The summed E-state index contributed by atoms with van der Waals surface area (Å²) >= 11 is 1.78. The molecule has 0 unspecified atom stereocenters. The van der Waals surface area contributed by atoms with Crippen LogP contribution in [0.15, 0.2) is 188 Å². The number of imidazole rings is 1. The molecule has 11 rings (SSSR count). The third-order valence-corrected chi connectivity index (χ3v) is 12.3. The number of aromatic nitrogens is 3. The molecule has 56 heavy (non-hydrogen) atoms. The molecule has 6 heteroatoms. The van der Waals surface area contributed by atoms with Gasteiger partial charge in [-0.15, -0.1) is 11.3 Å². The number of para-hydroxylation sites is 3. The Labute approximate surface area is 328 Å². The molecule has 0 saturated carbocycles. The summed E-state index contributed by atoms with van der Waals surface area (Å²) in [5.74, 6) is 3.26. The molecule has 0 spiro atoms. The minimum Gasteiger partial charge on any atom is -0.456 e. The van der Waals surface area contributed by atoms with Crippen molar-refractivity contribution in [2.75, 3.05) is 4.90 Å². The summed E-state index contributed by atoms with van der Waals surface area (Å²) in [4.78, 5) is 12.3. The van der Waals surface area contributed by atoms with E-state index in [1.54, 1.807) is 11.3 Å². The van der Waals surface area contributed by atoms with Gasteiger partial charge in [0.1, 0.15) is 23.1 Å². The second-order valence-corrected chi connectivity index (χ2v) is 15.3. The maximum absolute atomic E-state index is 7.14. The summed E-state index contributed by atoms with van der Waals surface area (Å²) in [6.45, 7) is 0. The Morgan fingerprint density at radius 2 is 1.34 bits per heavy atom. The Balaban J connectivity index is 1.24. The first-order valence-corrected chi connectivity index (χ1v) is 19.6. The molecule has 0 saturated heterocycles. The largest absolute Gasteiger partial charge is 0.456 e. The van der Waals surface area contributed by atoms with Crippen molar-refractivity contribution in [1.82, 2.24) is 14.5 Å². The van der Waals surface area contributed by atoms with Crippen molar-refractivity contribution in [3.8, 4) is 22.9 Å². The van der Waals surface area contributed by atoms with Crippen LogP contribution < -0.4 is 9.64 Å². The van der Waals surface area contributed by atoms with Gasteiger partial charge in [-0.1, -0.05) is 127 Å². The highest BCUT2D eigenvalue weighted by Crippen LogP contribution is 2.62. The average Bonchev–Trinajstić information content (AvgIpc) is 3.82. The lowest BCUT2D eigenvalue weighted by Crippen LogP contribution is -2.38. The lowest BCUT2D eigenvalue weighted by molar-refractivity contribution is 0.489. The fourth-order valence-electron chi connectivity index (χ4n) is 8.84. The maximum atomic E-state index is 7.14. The zero-order chi connectivity index (χ0) is 37.2. The van der Waals surface area contributed by atoms with Crippen LogP contribution in [-0.4, -0.2) is 14.5 Å². The number of fused-ring (bicyclic) bond motifs is 7. The normalized spacial score (nSPS) is 13.2. The number of ether oxygens (including phenoxy) is 1. The smallest absolute Gasteiger partial charge is 0.147 e. The van der Waals surface area contributed by atoms with E-state index < -0.39 is 5.41 Å². The first-order chi connectivity index (χ1) is 27.7. The van der Waals surface area contributed by atoms with Crippen LogP contribution in [0, 0.1) is 0 Å². The van der Waals surface area contributed by atoms with Gasteiger partial charge >= 0.3 is 0 Å². The van der Waals surface area contributed by atoms with E-state index >= 15 is 0 Å². The molecule has 0 amide bonds. The predicted octanol–water partition coefficient (Wildman–Crippen LogP) is 13.0. The molecule has 266 valence electrons. The van der Waals surface area contributed by atoms with Gasteiger partial charge in [0.05, 0.1) is 32.5 Å². The molecule has 0 fully saturated rings. The molecule has 0 radical (unpaired) electrons.